The smallest absolute Gasteiger partial charge is 0.256 e. The zero-order valence-corrected chi connectivity index (χ0v) is 20.4. The van der Waals surface area contributed by atoms with Crippen molar-refractivity contribution in [3.05, 3.63) is 48.2 Å². The number of rotatable bonds is 6. The van der Waals surface area contributed by atoms with Crippen LogP contribution < -0.4 is 10.2 Å². The molecule has 9 nitrogen and oxygen atoms in total. The maximum atomic E-state index is 13.6. The molecule has 2 aliphatic heterocycles. The number of nitrogens with zero attached hydrogens (tertiary/aromatic N) is 4. The third-order valence-corrected chi connectivity index (χ3v) is 8.30. The highest BCUT2D eigenvalue weighted by atomic mass is 32.2. The lowest BCUT2D eigenvalue weighted by molar-refractivity contribution is -0.121. The summed E-state index contributed by atoms with van der Waals surface area (Å²) in [6.07, 6.45) is 4.79. The third-order valence-electron chi connectivity index (χ3n) is 6.49. The monoisotopic (exact) mass is 485 g/mol. The first-order chi connectivity index (χ1) is 16.3. The van der Waals surface area contributed by atoms with Gasteiger partial charge in [0.05, 0.1) is 10.5 Å². The van der Waals surface area contributed by atoms with Crippen LogP contribution in [-0.4, -0.2) is 74.7 Å². The second-order valence-corrected chi connectivity index (χ2v) is 11.1. The van der Waals surface area contributed by atoms with Gasteiger partial charge < -0.3 is 15.1 Å². The molecule has 2 fully saturated rings. The Hall–Kier alpha value is -2.98. The highest BCUT2D eigenvalue weighted by molar-refractivity contribution is 7.89. The first-order valence-corrected chi connectivity index (χ1v) is 13.0. The lowest BCUT2D eigenvalue weighted by atomic mass is 9.95. The van der Waals surface area contributed by atoms with Crippen LogP contribution in [0.15, 0.2) is 47.5 Å². The largest absolute Gasteiger partial charge is 0.371 e. The Bertz CT molecular complexity index is 1140. The third kappa shape index (κ3) is 5.07. The zero-order valence-electron chi connectivity index (χ0n) is 19.6. The van der Waals surface area contributed by atoms with E-state index in [0.29, 0.717) is 37.3 Å². The Morgan fingerprint density at radius 2 is 1.74 bits per heavy atom. The number of hydrogen-bond acceptors (Lipinski definition) is 6. The van der Waals surface area contributed by atoms with Crippen molar-refractivity contribution in [2.24, 2.45) is 5.92 Å². The number of carbonyl (C=O) groups excluding carboxylic acids is 2. The molecule has 0 aliphatic carbocycles. The molecule has 2 aromatic rings. The summed E-state index contributed by atoms with van der Waals surface area (Å²) < 4.78 is 26.6. The molecule has 3 heterocycles. The highest BCUT2D eigenvalue weighted by Gasteiger charge is 2.31. The summed E-state index contributed by atoms with van der Waals surface area (Å²) in [6, 6.07) is 10.2. The topological polar surface area (TPSA) is 103 Å². The van der Waals surface area contributed by atoms with Gasteiger partial charge in [-0.3, -0.25) is 9.59 Å². The van der Waals surface area contributed by atoms with Crippen molar-refractivity contribution in [3.63, 3.8) is 0 Å². The molecule has 1 aromatic carbocycles. The van der Waals surface area contributed by atoms with Crippen molar-refractivity contribution >= 4 is 33.3 Å². The Morgan fingerprint density at radius 1 is 1.03 bits per heavy atom. The van der Waals surface area contributed by atoms with E-state index in [4.69, 9.17) is 0 Å². The number of likely N-dealkylation sites (tertiary alicyclic amines) is 1. The predicted octanol–water partition coefficient (Wildman–Crippen LogP) is 2.42. The van der Waals surface area contributed by atoms with Crippen LogP contribution in [0.5, 0.6) is 0 Å². The molecule has 0 saturated carbocycles. The minimum absolute atomic E-state index is 0.0948. The van der Waals surface area contributed by atoms with Crippen molar-refractivity contribution in [1.82, 2.24) is 14.2 Å². The number of carbonyl (C=O) groups is 2. The van der Waals surface area contributed by atoms with E-state index in [1.807, 2.05) is 6.07 Å². The van der Waals surface area contributed by atoms with Gasteiger partial charge in [0, 0.05) is 58.1 Å². The van der Waals surface area contributed by atoms with Crippen LogP contribution in [0.1, 0.15) is 36.0 Å². The molecule has 2 amide bonds. The molecule has 4 rings (SSSR count). The van der Waals surface area contributed by atoms with E-state index in [-0.39, 0.29) is 22.6 Å². The van der Waals surface area contributed by atoms with Crippen LogP contribution in [0.3, 0.4) is 0 Å². The molecule has 0 spiro atoms. The average molecular weight is 486 g/mol. The van der Waals surface area contributed by atoms with Gasteiger partial charge in [-0.1, -0.05) is 6.07 Å². The second-order valence-electron chi connectivity index (χ2n) is 8.93. The van der Waals surface area contributed by atoms with Gasteiger partial charge in [0.15, 0.2) is 0 Å². The lowest BCUT2D eigenvalue weighted by Crippen LogP contribution is -2.42. The number of aromatic nitrogens is 1. The number of piperidine rings is 1. The molecule has 182 valence electrons. The molecule has 1 aromatic heterocycles. The quantitative estimate of drug-likeness (QED) is 0.674. The van der Waals surface area contributed by atoms with Gasteiger partial charge in [-0.2, -0.15) is 0 Å². The van der Waals surface area contributed by atoms with Gasteiger partial charge in [0.1, 0.15) is 5.82 Å². The van der Waals surface area contributed by atoms with E-state index in [1.165, 1.54) is 20.2 Å². The zero-order chi connectivity index (χ0) is 24.3. The summed E-state index contributed by atoms with van der Waals surface area (Å²) in [4.78, 5) is 34.3. The van der Waals surface area contributed by atoms with Gasteiger partial charge in [0.25, 0.3) is 5.91 Å². The normalized spacial score (nSPS) is 17.3. The first kappa shape index (κ1) is 24.2. The van der Waals surface area contributed by atoms with E-state index >= 15 is 0 Å². The standard InChI is InChI=1S/C24H31N5O4S/c1-27(2)34(32,33)19-8-9-21(28-13-5-6-14-28)20(17-19)24(31)29-15-10-18(11-16-29)23(30)26-22-7-3-4-12-25-22/h3-4,7-9,12,17-18H,5-6,10-11,13-16H2,1-2H3,(H,25,26,30). The number of hydrogen-bond donors (Lipinski definition) is 1. The molecule has 2 saturated heterocycles. The number of amides is 2. The molecule has 1 N–H and O–H groups in total. The fourth-order valence-electron chi connectivity index (χ4n) is 4.47. The number of benzene rings is 1. The number of pyridine rings is 1. The molecular weight excluding hydrogens is 454 g/mol. The van der Waals surface area contributed by atoms with E-state index < -0.39 is 10.0 Å². The fourth-order valence-corrected chi connectivity index (χ4v) is 5.40. The Labute approximate surface area is 200 Å². The van der Waals surface area contributed by atoms with Gasteiger partial charge in [-0.15, -0.1) is 0 Å². The maximum Gasteiger partial charge on any atom is 0.256 e. The molecular formula is C24H31N5O4S. The van der Waals surface area contributed by atoms with E-state index in [0.717, 1.165) is 35.9 Å². The predicted molar refractivity (Wildman–Crippen MR) is 130 cm³/mol. The molecule has 2 aliphatic rings. The van der Waals surface area contributed by atoms with Gasteiger partial charge >= 0.3 is 0 Å². The van der Waals surface area contributed by atoms with Crippen LogP contribution in [0.25, 0.3) is 0 Å². The SMILES string of the molecule is CN(C)S(=O)(=O)c1ccc(N2CCCC2)c(C(=O)N2CCC(C(=O)Nc3ccccn3)CC2)c1. The van der Waals surface area contributed by atoms with Crippen molar-refractivity contribution in [2.75, 3.05) is 50.5 Å². The van der Waals surface area contributed by atoms with Crippen LogP contribution in [0.2, 0.25) is 0 Å². The Kier molecular flexibility index (Phi) is 7.18. The Morgan fingerprint density at radius 3 is 2.35 bits per heavy atom. The van der Waals surface area contributed by atoms with Crippen molar-refractivity contribution in [3.8, 4) is 0 Å². The summed E-state index contributed by atoms with van der Waals surface area (Å²) in [5.41, 5.74) is 1.18. The second kappa shape index (κ2) is 10.1. The number of anilines is 2. The van der Waals surface area contributed by atoms with Gasteiger partial charge in [0.2, 0.25) is 15.9 Å². The molecule has 0 unspecified atom stereocenters. The Balaban J connectivity index is 1.51. The van der Waals surface area contributed by atoms with Crippen LogP contribution >= 0.6 is 0 Å². The first-order valence-electron chi connectivity index (χ1n) is 11.6. The van der Waals surface area contributed by atoms with E-state index in [9.17, 15) is 18.0 Å². The molecule has 0 bridgehead atoms. The lowest BCUT2D eigenvalue weighted by Gasteiger charge is -2.32. The van der Waals surface area contributed by atoms with Crippen LogP contribution in [0, 0.1) is 5.92 Å². The summed E-state index contributed by atoms with van der Waals surface area (Å²) >= 11 is 0. The molecule has 10 heteroatoms. The number of nitrogens with one attached hydrogen (secondary N) is 1. The summed E-state index contributed by atoms with van der Waals surface area (Å²) in [5, 5.41) is 2.84. The molecule has 0 atom stereocenters. The van der Waals surface area contributed by atoms with E-state index in [2.05, 4.69) is 15.2 Å². The van der Waals surface area contributed by atoms with Gasteiger partial charge in [-0.25, -0.2) is 17.7 Å². The fraction of sp³-hybridized carbons (Fsp3) is 0.458. The van der Waals surface area contributed by atoms with Crippen LogP contribution in [0.4, 0.5) is 11.5 Å². The van der Waals surface area contributed by atoms with E-state index in [1.54, 1.807) is 35.4 Å². The average Bonchev–Trinajstić information content (AvgIpc) is 3.38. The number of sulfonamides is 1. The molecule has 34 heavy (non-hydrogen) atoms. The van der Waals surface area contributed by atoms with Crippen LogP contribution in [-0.2, 0) is 14.8 Å². The molecule has 0 radical (unpaired) electrons. The summed E-state index contributed by atoms with van der Waals surface area (Å²) in [7, 11) is -0.712. The minimum atomic E-state index is -3.67. The van der Waals surface area contributed by atoms with Gasteiger partial charge in [-0.05, 0) is 56.0 Å². The van der Waals surface area contributed by atoms with Crippen molar-refractivity contribution in [2.45, 2.75) is 30.6 Å². The minimum Gasteiger partial charge on any atom is -0.371 e. The van der Waals surface area contributed by atoms with Crippen molar-refractivity contribution < 1.29 is 18.0 Å². The van der Waals surface area contributed by atoms with Crippen molar-refractivity contribution in [1.29, 1.82) is 0 Å². The maximum absolute atomic E-state index is 13.6. The summed E-state index contributed by atoms with van der Waals surface area (Å²) in [6.45, 7) is 2.55. The summed E-state index contributed by atoms with van der Waals surface area (Å²) in [5.74, 6) is 0.0219. The highest BCUT2D eigenvalue weighted by Crippen LogP contribution is 2.30.